The highest BCUT2D eigenvalue weighted by molar-refractivity contribution is 7.80. The Labute approximate surface area is 76.5 Å². The van der Waals surface area contributed by atoms with Gasteiger partial charge < -0.3 is 5.32 Å². The number of urea groups is 1. The van der Waals surface area contributed by atoms with Gasteiger partial charge in [0.05, 0.1) is 0 Å². The Morgan fingerprint density at radius 1 is 1.50 bits per heavy atom. The number of nitrogens with one attached hydrogen (secondary N) is 2. The molecule has 0 bridgehead atoms. The first-order valence-corrected chi connectivity index (χ1v) is 4.52. The molecule has 1 aliphatic rings. The number of rotatable bonds is 3. The van der Waals surface area contributed by atoms with Crippen LogP contribution in [0.3, 0.4) is 0 Å². The molecule has 68 valence electrons. The summed E-state index contributed by atoms with van der Waals surface area (Å²) >= 11 is 4.06. The second-order valence-electron chi connectivity index (χ2n) is 2.90. The lowest BCUT2D eigenvalue weighted by molar-refractivity contribution is -0.123. The van der Waals surface area contributed by atoms with E-state index in [0.29, 0.717) is 12.2 Å². The number of carbonyl (C=O) groups is 2. The predicted molar refractivity (Wildman–Crippen MR) is 48.2 cm³/mol. The molecule has 12 heavy (non-hydrogen) atoms. The molecule has 1 saturated heterocycles. The summed E-state index contributed by atoms with van der Waals surface area (Å²) in [7, 11) is 0. The molecule has 0 spiro atoms. The van der Waals surface area contributed by atoms with Gasteiger partial charge in [0.15, 0.2) is 0 Å². The molecule has 0 aromatic rings. The lowest BCUT2D eigenvalue weighted by atomic mass is 9.96. The molecule has 3 amide bonds. The van der Waals surface area contributed by atoms with Gasteiger partial charge in [-0.3, -0.25) is 10.1 Å². The van der Waals surface area contributed by atoms with E-state index in [4.69, 9.17) is 0 Å². The Morgan fingerprint density at radius 3 is 2.50 bits per heavy atom. The Bertz CT molecular complexity index is 219. The topological polar surface area (TPSA) is 58.2 Å². The van der Waals surface area contributed by atoms with Gasteiger partial charge in [0, 0.05) is 5.75 Å². The molecule has 1 unspecified atom stereocenters. The lowest BCUT2D eigenvalue weighted by Crippen LogP contribution is -2.48. The Morgan fingerprint density at radius 2 is 2.17 bits per heavy atom. The van der Waals surface area contributed by atoms with Gasteiger partial charge in [-0.25, -0.2) is 4.79 Å². The van der Waals surface area contributed by atoms with E-state index >= 15 is 0 Å². The fourth-order valence-electron chi connectivity index (χ4n) is 1.32. The van der Waals surface area contributed by atoms with E-state index in [1.807, 2.05) is 6.92 Å². The quantitative estimate of drug-likeness (QED) is 0.440. The van der Waals surface area contributed by atoms with Crippen LogP contribution in [0.25, 0.3) is 0 Å². The van der Waals surface area contributed by atoms with Crippen molar-refractivity contribution in [1.82, 2.24) is 10.6 Å². The highest BCUT2D eigenvalue weighted by Gasteiger charge is 2.43. The molecule has 0 aromatic carbocycles. The van der Waals surface area contributed by atoms with Gasteiger partial charge >= 0.3 is 6.03 Å². The minimum atomic E-state index is -0.769. The van der Waals surface area contributed by atoms with Gasteiger partial charge in [0.1, 0.15) is 5.54 Å². The summed E-state index contributed by atoms with van der Waals surface area (Å²) in [5.74, 6) is 0.0858. The van der Waals surface area contributed by atoms with Crippen LogP contribution in [-0.2, 0) is 4.79 Å². The first kappa shape index (κ1) is 9.38. The van der Waals surface area contributed by atoms with E-state index in [0.717, 1.165) is 6.42 Å². The first-order chi connectivity index (χ1) is 5.64. The summed E-state index contributed by atoms with van der Waals surface area (Å²) in [5.41, 5.74) is -0.769. The lowest BCUT2D eigenvalue weighted by Gasteiger charge is -2.22. The van der Waals surface area contributed by atoms with Crippen molar-refractivity contribution in [3.8, 4) is 0 Å². The van der Waals surface area contributed by atoms with E-state index < -0.39 is 11.6 Å². The minimum Gasteiger partial charge on any atom is -0.322 e. The van der Waals surface area contributed by atoms with Gasteiger partial charge in [-0.05, 0) is 6.42 Å². The molecule has 1 aliphatic heterocycles. The molecule has 0 aromatic heterocycles. The molecule has 1 rings (SSSR count). The van der Waals surface area contributed by atoms with Crippen LogP contribution in [0.4, 0.5) is 4.79 Å². The van der Waals surface area contributed by atoms with Crippen molar-refractivity contribution in [1.29, 1.82) is 0 Å². The normalized spacial score (nSPS) is 28.5. The van der Waals surface area contributed by atoms with Crippen LogP contribution in [-0.4, -0.2) is 23.2 Å². The maximum atomic E-state index is 11.3. The van der Waals surface area contributed by atoms with Crippen molar-refractivity contribution in [2.75, 3.05) is 5.75 Å². The number of carbonyl (C=O) groups excluding carboxylic acids is 2. The molecule has 0 aliphatic carbocycles. The highest BCUT2D eigenvalue weighted by Crippen LogP contribution is 2.18. The average Bonchev–Trinajstić information content (AvgIpc) is 2.28. The van der Waals surface area contributed by atoms with E-state index in [2.05, 4.69) is 23.3 Å². The average molecular weight is 188 g/mol. The van der Waals surface area contributed by atoms with Crippen LogP contribution >= 0.6 is 12.6 Å². The van der Waals surface area contributed by atoms with Crippen LogP contribution in [0.1, 0.15) is 19.8 Å². The van der Waals surface area contributed by atoms with Crippen molar-refractivity contribution < 1.29 is 9.59 Å². The molecule has 5 heteroatoms. The molecule has 4 nitrogen and oxygen atoms in total. The maximum absolute atomic E-state index is 11.3. The van der Waals surface area contributed by atoms with Gasteiger partial charge in [0.2, 0.25) is 0 Å². The standard InChI is InChI=1S/C7H12N2O2S/c1-2-3-7(4-12)5(10)8-6(11)9-7/h12H,2-4H2,1H3,(H2,8,9,10,11). The summed E-state index contributed by atoms with van der Waals surface area (Å²) in [6.45, 7) is 1.96. The summed E-state index contributed by atoms with van der Waals surface area (Å²) in [5, 5.41) is 4.80. The van der Waals surface area contributed by atoms with Crippen LogP contribution in [0.5, 0.6) is 0 Å². The zero-order chi connectivity index (χ0) is 9.19. The molecule has 1 atom stereocenters. The highest BCUT2D eigenvalue weighted by atomic mass is 32.1. The predicted octanol–water partition coefficient (Wildman–Crippen LogP) is 0.294. The number of hydrogen-bond donors (Lipinski definition) is 3. The van der Waals surface area contributed by atoms with Crippen LogP contribution in [0.2, 0.25) is 0 Å². The first-order valence-electron chi connectivity index (χ1n) is 3.89. The minimum absolute atomic E-state index is 0.260. The second-order valence-corrected chi connectivity index (χ2v) is 3.21. The van der Waals surface area contributed by atoms with E-state index in [9.17, 15) is 9.59 Å². The van der Waals surface area contributed by atoms with E-state index in [-0.39, 0.29) is 5.91 Å². The summed E-state index contributed by atoms with van der Waals surface area (Å²) in [6.07, 6.45) is 1.47. The third-order valence-electron chi connectivity index (χ3n) is 1.96. The zero-order valence-electron chi connectivity index (χ0n) is 6.89. The largest absolute Gasteiger partial charge is 0.322 e. The summed E-state index contributed by atoms with van der Waals surface area (Å²) in [4.78, 5) is 22.1. The van der Waals surface area contributed by atoms with Gasteiger partial charge in [-0.1, -0.05) is 13.3 Å². The summed E-state index contributed by atoms with van der Waals surface area (Å²) < 4.78 is 0. The van der Waals surface area contributed by atoms with Gasteiger partial charge in [-0.15, -0.1) is 0 Å². The molecular weight excluding hydrogens is 176 g/mol. The maximum Gasteiger partial charge on any atom is 0.322 e. The molecule has 0 radical (unpaired) electrons. The summed E-state index contributed by atoms with van der Waals surface area (Å²) in [6, 6.07) is -0.414. The smallest absolute Gasteiger partial charge is 0.322 e. The van der Waals surface area contributed by atoms with Crippen molar-refractivity contribution in [3.05, 3.63) is 0 Å². The molecule has 0 saturated carbocycles. The number of hydrogen-bond acceptors (Lipinski definition) is 3. The van der Waals surface area contributed by atoms with Crippen LogP contribution in [0.15, 0.2) is 0 Å². The second kappa shape index (κ2) is 3.35. The fraction of sp³-hybridized carbons (Fsp3) is 0.714. The Hall–Kier alpha value is -0.710. The number of thiol groups is 1. The molecule has 1 fully saturated rings. The Kier molecular flexibility index (Phi) is 2.62. The van der Waals surface area contributed by atoms with Crippen molar-refractivity contribution >= 4 is 24.6 Å². The fourth-order valence-corrected chi connectivity index (χ4v) is 1.70. The van der Waals surface area contributed by atoms with Gasteiger partial charge in [0.25, 0.3) is 5.91 Å². The van der Waals surface area contributed by atoms with E-state index in [1.54, 1.807) is 0 Å². The van der Waals surface area contributed by atoms with E-state index in [1.165, 1.54) is 0 Å². The third kappa shape index (κ3) is 1.41. The van der Waals surface area contributed by atoms with Crippen LogP contribution in [0, 0.1) is 0 Å². The van der Waals surface area contributed by atoms with Crippen molar-refractivity contribution in [2.45, 2.75) is 25.3 Å². The molecule has 1 heterocycles. The van der Waals surface area contributed by atoms with Crippen molar-refractivity contribution in [2.24, 2.45) is 0 Å². The number of amides is 3. The van der Waals surface area contributed by atoms with Gasteiger partial charge in [-0.2, -0.15) is 12.6 Å². The van der Waals surface area contributed by atoms with Crippen molar-refractivity contribution in [3.63, 3.8) is 0 Å². The zero-order valence-corrected chi connectivity index (χ0v) is 7.78. The monoisotopic (exact) mass is 188 g/mol. The van der Waals surface area contributed by atoms with Crippen LogP contribution < -0.4 is 10.6 Å². The SMILES string of the molecule is CCCC1(CS)NC(=O)NC1=O. The molecule has 2 N–H and O–H groups in total. The Balaban J connectivity index is 2.78. The third-order valence-corrected chi connectivity index (χ3v) is 2.50. The molecular formula is C7H12N2O2S. The number of imide groups is 1.